The van der Waals surface area contributed by atoms with E-state index in [9.17, 15) is 9.50 Å². The molecule has 0 radical (unpaired) electrons. The van der Waals surface area contributed by atoms with Gasteiger partial charge in [0.15, 0.2) is 0 Å². The molecule has 1 fully saturated rings. The third-order valence-electron chi connectivity index (χ3n) is 2.93. The lowest BCUT2D eigenvalue weighted by atomic mass is 9.97. The van der Waals surface area contributed by atoms with Crippen molar-refractivity contribution in [3.05, 3.63) is 16.6 Å². The fourth-order valence-corrected chi connectivity index (χ4v) is 2.53. The van der Waals surface area contributed by atoms with E-state index in [-0.39, 0.29) is 12.1 Å². The molecule has 4 nitrogen and oxygen atoms in total. The van der Waals surface area contributed by atoms with Gasteiger partial charge in [0.2, 0.25) is 0 Å². The van der Waals surface area contributed by atoms with E-state index in [2.05, 4.69) is 31.2 Å². The molecule has 1 aromatic rings. The summed E-state index contributed by atoms with van der Waals surface area (Å²) in [5.74, 6) is 0.734. The van der Waals surface area contributed by atoms with Crippen LogP contribution < -0.4 is 5.32 Å². The van der Waals surface area contributed by atoms with Crippen molar-refractivity contribution >= 4 is 15.9 Å². The highest BCUT2D eigenvalue weighted by molar-refractivity contribution is 9.10. The van der Waals surface area contributed by atoms with Crippen LogP contribution in [0.3, 0.4) is 0 Å². The maximum atomic E-state index is 13.8. The molecule has 17 heavy (non-hydrogen) atoms. The van der Waals surface area contributed by atoms with E-state index >= 15 is 0 Å². The minimum absolute atomic E-state index is 0.108. The largest absolute Gasteiger partial charge is 0.390 e. The number of aliphatic hydroxyl groups is 1. The van der Waals surface area contributed by atoms with Gasteiger partial charge in [-0.1, -0.05) is 0 Å². The van der Waals surface area contributed by atoms with Gasteiger partial charge in [0.25, 0.3) is 0 Å². The van der Waals surface area contributed by atoms with Crippen molar-refractivity contribution in [2.24, 2.45) is 0 Å². The molecule has 0 spiro atoms. The average molecular weight is 306 g/mol. The summed E-state index contributed by atoms with van der Waals surface area (Å²) in [6.45, 7) is 3.39. The zero-order valence-electron chi connectivity index (χ0n) is 9.87. The maximum Gasteiger partial charge on any atom is 0.124 e. The fraction of sp³-hybridized carbons (Fsp3) is 0.727. The average Bonchev–Trinajstić information content (AvgIpc) is 2.72. The predicted octanol–water partition coefficient (Wildman–Crippen LogP) is 2.07. The molecule has 0 saturated carbocycles. The standard InChI is InChI=1S/C11H17BrFN3O/c1-11(2,17)4-8-6(13)3-7(15-8)10-14-5-9(12)16-10/h5-8,15,17H,3-4H2,1-2H3,(H,14,16). The van der Waals surface area contributed by atoms with Gasteiger partial charge >= 0.3 is 0 Å². The monoisotopic (exact) mass is 305 g/mol. The zero-order valence-corrected chi connectivity index (χ0v) is 11.5. The van der Waals surface area contributed by atoms with E-state index in [1.54, 1.807) is 20.0 Å². The Labute approximate surface area is 108 Å². The number of aromatic amines is 1. The number of imidazole rings is 1. The lowest BCUT2D eigenvalue weighted by Gasteiger charge is -2.23. The van der Waals surface area contributed by atoms with Gasteiger partial charge in [0.1, 0.15) is 16.6 Å². The predicted molar refractivity (Wildman–Crippen MR) is 66.4 cm³/mol. The fourth-order valence-electron chi connectivity index (χ4n) is 2.23. The number of rotatable bonds is 3. The summed E-state index contributed by atoms with van der Waals surface area (Å²) in [4.78, 5) is 7.20. The second-order valence-electron chi connectivity index (χ2n) is 5.21. The Kier molecular flexibility index (Phi) is 3.56. The second kappa shape index (κ2) is 4.66. The van der Waals surface area contributed by atoms with Crippen LogP contribution in [0.2, 0.25) is 0 Å². The molecule has 1 aromatic heterocycles. The van der Waals surface area contributed by atoms with E-state index in [1.807, 2.05) is 0 Å². The van der Waals surface area contributed by atoms with E-state index in [1.165, 1.54) is 0 Å². The molecule has 0 bridgehead atoms. The molecule has 3 unspecified atom stereocenters. The minimum atomic E-state index is -0.949. The van der Waals surface area contributed by atoms with Gasteiger partial charge in [-0.2, -0.15) is 0 Å². The van der Waals surface area contributed by atoms with E-state index in [4.69, 9.17) is 0 Å². The Hall–Kier alpha value is -0.460. The van der Waals surface area contributed by atoms with Crippen LogP contribution in [0.1, 0.15) is 38.6 Å². The van der Waals surface area contributed by atoms with Crippen LogP contribution in [-0.2, 0) is 0 Å². The van der Waals surface area contributed by atoms with Crippen LogP contribution in [0, 0.1) is 0 Å². The van der Waals surface area contributed by atoms with Gasteiger partial charge < -0.3 is 15.4 Å². The van der Waals surface area contributed by atoms with E-state index in [0.717, 1.165) is 10.4 Å². The molecule has 1 aliphatic rings. The van der Waals surface area contributed by atoms with Gasteiger partial charge in [-0.3, -0.25) is 0 Å². The molecular formula is C11H17BrFN3O. The van der Waals surface area contributed by atoms with E-state index < -0.39 is 11.8 Å². The third-order valence-corrected chi connectivity index (χ3v) is 3.33. The number of nitrogens with zero attached hydrogens (tertiary/aromatic N) is 1. The molecule has 0 aromatic carbocycles. The molecule has 0 amide bonds. The Bertz CT molecular complexity index is 390. The van der Waals surface area contributed by atoms with Crippen molar-refractivity contribution in [2.45, 2.75) is 50.5 Å². The molecule has 0 aliphatic carbocycles. The number of hydrogen-bond donors (Lipinski definition) is 3. The Balaban J connectivity index is 2.02. The highest BCUT2D eigenvalue weighted by atomic mass is 79.9. The van der Waals surface area contributed by atoms with Crippen molar-refractivity contribution in [1.29, 1.82) is 0 Å². The van der Waals surface area contributed by atoms with Crippen molar-refractivity contribution < 1.29 is 9.50 Å². The van der Waals surface area contributed by atoms with E-state index in [0.29, 0.717) is 12.8 Å². The van der Waals surface area contributed by atoms with Crippen LogP contribution in [0.5, 0.6) is 0 Å². The first kappa shape index (κ1) is 13.0. The topological polar surface area (TPSA) is 60.9 Å². The first-order valence-corrected chi connectivity index (χ1v) is 6.47. The van der Waals surface area contributed by atoms with Crippen LogP contribution >= 0.6 is 15.9 Å². The van der Waals surface area contributed by atoms with Crippen LogP contribution in [-0.4, -0.2) is 32.9 Å². The molecule has 1 saturated heterocycles. The summed E-state index contributed by atoms with van der Waals surface area (Å²) >= 11 is 3.28. The molecule has 1 aliphatic heterocycles. The number of hydrogen-bond acceptors (Lipinski definition) is 3. The second-order valence-corrected chi connectivity index (χ2v) is 6.06. The van der Waals surface area contributed by atoms with Crippen molar-refractivity contribution in [3.63, 3.8) is 0 Å². The van der Waals surface area contributed by atoms with Crippen molar-refractivity contribution in [2.75, 3.05) is 0 Å². The van der Waals surface area contributed by atoms with Crippen LogP contribution in [0.4, 0.5) is 4.39 Å². The molecule has 3 atom stereocenters. The minimum Gasteiger partial charge on any atom is -0.390 e. The first-order chi connectivity index (χ1) is 7.85. The Morgan fingerprint density at radius 2 is 2.35 bits per heavy atom. The lowest BCUT2D eigenvalue weighted by molar-refractivity contribution is 0.0523. The maximum absolute atomic E-state index is 13.8. The smallest absolute Gasteiger partial charge is 0.124 e. The van der Waals surface area contributed by atoms with Gasteiger partial charge in [0, 0.05) is 12.5 Å². The first-order valence-electron chi connectivity index (χ1n) is 5.68. The summed E-state index contributed by atoms with van der Waals surface area (Å²) in [6.07, 6.45) is 1.50. The summed E-state index contributed by atoms with van der Waals surface area (Å²) in [5.41, 5.74) is -0.860. The van der Waals surface area contributed by atoms with Gasteiger partial charge in [-0.25, -0.2) is 9.37 Å². The van der Waals surface area contributed by atoms with Gasteiger partial charge in [-0.05, 0) is 36.2 Å². The highest BCUT2D eigenvalue weighted by Crippen LogP contribution is 2.31. The quantitative estimate of drug-likeness (QED) is 0.801. The summed E-state index contributed by atoms with van der Waals surface area (Å²) < 4.78 is 14.6. The Morgan fingerprint density at radius 1 is 1.65 bits per heavy atom. The molecule has 2 rings (SSSR count). The van der Waals surface area contributed by atoms with Crippen LogP contribution in [0.15, 0.2) is 10.8 Å². The number of halogens is 2. The number of alkyl halides is 1. The van der Waals surface area contributed by atoms with Gasteiger partial charge in [-0.15, -0.1) is 0 Å². The Morgan fingerprint density at radius 3 is 2.88 bits per heavy atom. The van der Waals surface area contributed by atoms with Gasteiger partial charge in [0.05, 0.1) is 17.8 Å². The SMILES string of the molecule is CC(C)(O)CC1NC(c2ncc(Br)[nH]2)CC1F. The molecule has 3 N–H and O–H groups in total. The number of aromatic nitrogens is 2. The number of H-pyrrole nitrogens is 1. The zero-order chi connectivity index (χ0) is 12.6. The summed E-state index contributed by atoms with van der Waals surface area (Å²) in [7, 11) is 0. The van der Waals surface area contributed by atoms with Crippen LogP contribution in [0.25, 0.3) is 0 Å². The normalized spacial score (nSPS) is 29.8. The third kappa shape index (κ3) is 3.26. The molecule has 2 heterocycles. The highest BCUT2D eigenvalue weighted by Gasteiger charge is 2.38. The summed E-state index contributed by atoms with van der Waals surface area (Å²) in [5, 5.41) is 12.9. The van der Waals surface area contributed by atoms with Crippen molar-refractivity contribution in [3.8, 4) is 0 Å². The summed E-state index contributed by atoms with van der Waals surface area (Å²) in [6, 6.07) is -0.424. The molecule has 6 heteroatoms. The van der Waals surface area contributed by atoms with Crippen molar-refractivity contribution in [1.82, 2.24) is 15.3 Å². The molecule has 96 valence electrons. The lowest BCUT2D eigenvalue weighted by Crippen LogP contribution is -2.37. The molecular weight excluding hydrogens is 289 g/mol. The number of nitrogens with one attached hydrogen (secondary N) is 2.